The Morgan fingerprint density at radius 1 is 1.67 bits per heavy atom. The number of amides is 1. The van der Waals surface area contributed by atoms with E-state index in [-0.39, 0.29) is 23.7 Å². The molecule has 0 aliphatic carbocycles. The average molecular weight is 191 g/mol. The van der Waals surface area contributed by atoms with Crippen LogP contribution in [0.3, 0.4) is 0 Å². The van der Waals surface area contributed by atoms with Gasteiger partial charge in [0.1, 0.15) is 0 Å². The molecule has 72 valence electrons. The molecule has 2 unspecified atom stereocenters. The van der Waals surface area contributed by atoms with Gasteiger partial charge in [-0.2, -0.15) is 0 Å². The molecule has 2 atom stereocenters. The number of aliphatic hydroxyl groups is 1. The highest BCUT2D eigenvalue weighted by atomic mass is 32.2. The topological polar surface area (TPSA) is 63.3 Å². The van der Waals surface area contributed by atoms with E-state index in [9.17, 15) is 4.79 Å². The summed E-state index contributed by atoms with van der Waals surface area (Å²) in [4.78, 5) is 10.8. The zero-order chi connectivity index (χ0) is 9.56. The van der Waals surface area contributed by atoms with Gasteiger partial charge in [-0.25, -0.2) is 0 Å². The highest BCUT2D eigenvalue weighted by Crippen LogP contribution is 2.17. The normalized spacial score (nSPS) is 15.6. The Kier molecular flexibility index (Phi) is 6.20. The lowest BCUT2D eigenvalue weighted by Crippen LogP contribution is -2.26. The van der Waals surface area contributed by atoms with E-state index in [2.05, 4.69) is 0 Å². The van der Waals surface area contributed by atoms with Gasteiger partial charge in [-0.05, 0) is 18.1 Å². The lowest BCUT2D eigenvalue weighted by atomic mass is 10.2. The second-order valence-corrected chi connectivity index (χ2v) is 4.16. The fourth-order valence-corrected chi connectivity index (χ4v) is 1.80. The Morgan fingerprint density at radius 3 is 2.58 bits per heavy atom. The summed E-state index contributed by atoms with van der Waals surface area (Å²) in [5.74, 6) is 0.772. The van der Waals surface area contributed by atoms with Crippen LogP contribution in [0.1, 0.15) is 20.3 Å². The molecule has 0 bridgehead atoms. The van der Waals surface area contributed by atoms with Crippen LogP contribution in [0.5, 0.6) is 0 Å². The molecule has 0 rings (SSSR count). The molecular weight excluding hydrogens is 174 g/mol. The van der Waals surface area contributed by atoms with E-state index in [1.54, 1.807) is 0 Å². The SMILES string of the molecule is CCC(SCC(C)CO)C(N)=O. The molecule has 4 heteroatoms. The van der Waals surface area contributed by atoms with Crippen molar-refractivity contribution in [2.45, 2.75) is 25.5 Å². The third-order valence-electron chi connectivity index (χ3n) is 1.58. The number of aliphatic hydroxyl groups excluding tert-OH is 1. The van der Waals surface area contributed by atoms with Crippen molar-refractivity contribution >= 4 is 17.7 Å². The molecular formula is C8H17NO2S. The number of carbonyl (C=O) groups excluding carboxylic acids is 1. The van der Waals surface area contributed by atoms with Crippen LogP contribution in [0.15, 0.2) is 0 Å². The van der Waals surface area contributed by atoms with E-state index in [0.29, 0.717) is 0 Å². The van der Waals surface area contributed by atoms with E-state index in [1.165, 1.54) is 11.8 Å². The highest BCUT2D eigenvalue weighted by Gasteiger charge is 2.14. The van der Waals surface area contributed by atoms with Crippen LogP contribution in [-0.4, -0.2) is 28.6 Å². The van der Waals surface area contributed by atoms with Gasteiger partial charge in [-0.3, -0.25) is 4.79 Å². The molecule has 0 fully saturated rings. The molecule has 12 heavy (non-hydrogen) atoms. The van der Waals surface area contributed by atoms with Crippen molar-refractivity contribution in [2.24, 2.45) is 11.7 Å². The molecule has 0 spiro atoms. The van der Waals surface area contributed by atoms with Crippen molar-refractivity contribution in [3.63, 3.8) is 0 Å². The molecule has 3 N–H and O–H groups in total. The number of thioether (sulfide) groups is 1. The zero-order valence-electron chi connectivity index (χ0n) is 7.62. The maximum atomic E-state index is 10.8. The van der Waals surface area contributed by atoms with E-state index in [1.807, 2.05) is 13.8 Å². The summed E-state index contributed by atoms with van der Waals surface area (Å²) >= 11 is 1.53. The van der Waals surface area contributed by atoms with Crippen LogP contribution in [0, 0.1) is 5.92 Å². The zero-order valence-corrected chi connectivity index (χ0v) is 8.43. The minimum Gasteiger partial charge on any atom is -0.396 e. The predicted molar refractivity (Wildman–Crippen MR) is 52.0 cm³/mol. The van der Waals surface area contributed by atoms with Crippen LogP contribution in [0.25, 0.3) is 0 Å². The molecule has 0 aliphatic heterocycles. The van der Waals surface area contributed by atoms with E-state index in [4.69, 9.17) is 10.8 Å². The number of nitrogens with two attached hydrogens (primary N) is 1. The van der Waals surface area contributed by atoms with Gasteiger partial charge < -0.3 is 10.8 Å². The molecule has 0 radical (unpaired) electrons. The van der Waals surface area contributed by atoms with E-state index in [0.717, 1.165) is 12.2 Å². The summed E-state index contributed by atoms with van der Waals surface area (Å²) in [7, 11) is 0. The van der Waals surface area contributed by atoms with Gasteiger partial charge in [0.15, 0.2) is 0 Å². The fraction of sp³-hybridized carbons (Fsp3) is 0.875. The summed E-state index contributed by atoms with van der Waals surface area (Å²) in [5, 5.41) is 8.63. The van der Waals surface area contributed by atoms with Crippen molar-refractivity contribution < 1.29 is 9.90 Å². The van der Waals surface area contributed by atoms with Gasteiger partial charge in [-0.15, -0.1) is 11.8 Å². The number of hydrogen-bond donors (Lipinski definition) is 2. The van der Waals surface area contributed by atoms with E-state index >= 15 is 0 Å². The number of primary amides is 1. The molecule has 0 aliphatic rings. The van der Waals surface area contributed by atoms with Crippen molar-refractivity contribution in [1.82, 2.24) is 0 Å². The van der Waals surface area contributed by atoms with Gasteiger partial charge in [0, 0.05) is 6.61 Å². The average Bonchev–Trinajstić information content (AvgIpc) is 2.04. The van der Waals surface area contributed by atoms with Crippen LogP contribution in [0.4, 0.5) is 0 Å². The third-order valence-corrected chi connectivity index (χ3v) is 3.31. The first-order valence-electron chi connectivity index (χ1n) is 4.13. The first kappa shape index (κ1) is 11.8. The molecule has 0 saturated heterocycles. The minimum absolute atomic E-state index is 0.0981. The molecule has 1 amide bonds. The van der Waals surface area contributed by atoms with Gasteiger partial charge in [-0.1, -0.05) is 13.8 Å². The summed E-state index contributed by atoms with van der Waals surface area (Å²) < 4.78 is 0. The minimum atomic E-state index is -0.257. The molecule has 0 aromatic heterocycles. The fourth-order valence-electron chi connectivity index (χ4n) is 0.734. The number of rotatable bonds is 6. The predicted octanol–water partition coefficient (Wildman–Crippen LogP) is 0.612. The summed E-state index contributed by atoms with van der Waals surface area (Å²) in [5.41, 5.74) is 5.15. The van der Waals surface area contributed by atoms with Crippen molar-refractivity contribution in [3.8, 4) is 0 Å². The van der Waals surface area contributed by atoms with Gasteiger partial charge in [0.2, 0.25) is 5.91 Å². The monoisotopic (exact) mass is 191 g/mol. The first-order valence-corrected chi connectivity index (χ1v) is 5.18. The van der Waals surface area contributed by atoms with Crippen LogP contribution < -0.4 is 5.73 Å². The maximum absolute atomic E-state index is 10.8. The van der Waals surface area contributed by atoms with Gasteiger partial charge in [0.05, 0.1) is 5.25 Å². The number of carbonyl (C=O) groups is 1. The quantitative estimate of drug-likeness (QED) is 0.646. The highest BCUT2D eigenvalue weighted by molar-refractivity contribution is 8.00. The smallest absolute Gasteiger partial charge is 0.230 e. The maximum Gasteiger partial charge on any atom is 0.230 e. The Morgan fingerprint density at radius 2 is 2.25 bits per heavy atom. The Balaban J connectivity index is 3.65. The lowest BCUT2D eigenvalue weighted by Gasteiger charge is -2.12. The van der Waals surface area contributed by atoms with Crippen molar-refractivity contribution in [1.29, 1.82) is 0 Å². The second-order valence-electron chi connectivity index (χ2n) is 2.92. The second kappa shape index (κ2) is 6.31. The Bertz CT molecular complexity index is 141. The molecule has 0 saturated carbocycles. The number of hydrogen-bond acceptors (Lipinski definition) is 3. The van der Waals surface area contributed by atoms with Crippen LogP contribution in [-0.2, 0) is 4.79 Å². The largest absolute Gasteiger partial charge is 0.396 e. The van der Waals surface area contributed by atoms with Crippen molar-refractivity contribution in [3.05, 3.63) is 0 Å². The summed E-state index contributed by atoms with van der Waals surface area (Å²) in [6.07, 6.45) is 0.762. The summed E-state index contributed by atoms with van der Waals surface area (Å²) in [6, 6.07) is 0. The Hall–Kier alpha value is -0.220. The lowest BCUT2D eigenvalue weighted by molar-refractivity contribution is -0.117. The Labute approximate surface area is 77.7 Å². The third kappa shape index (κ3) is 4.62. The summed E-state index contributed by atoms with van der Waals surface area (Å²) in [6.45, 7) is 4.05. The van der Waals surface area contributed by atoms with E-state index < -0.39 is 0 Å². The molecule has 0 aromatic carbocycles. The molecule has 0 heterocycles. The standard InChI is InChI=1S/C8H17NO2S/c1-3-7(8(9)11)12-5-6(2)4-10/h6-7,10H,3-5H2,1-2H3,(H2,9,11). The molecule has 3 nitrogen and oxygen atoms in total. The molecule has 0 aromatic rings. The first-order chi connectivity index (χ1) is 5.61. The van der Waals surface area contributed by atoms with Crippen molar-refractivity contribution in [2.75, 3.05) is 12.4 Å². The van der Waals surface area contributed by atoms with Crippen LogP contribution in [0.2, 0.25) is 0 Å². The van der Waals surface area contributed by atoms with Gasteiger partial charge >= 0.3 is 0 Å². The van der Waals surface area contributed by atoms with Crippen LogP contribution >= 0.6 is 11.8 Å². The van der Waals surface area contributed by atoms with Gasteiger partial charge in [0.25, 0.3) is 0 Å².